The number of rotatable bonds is 8. The molecule has 1 aromatic rings. The van der Waals surface area contributed by atoms with Gasteiger partial charge in [-0.1, -0.05) is 49.4 Å². The van der Waals surface area contributed by atoms with Gasteiger partial charge in [0.15, 0.2) is 0 Å². The van der Waals surface area contributed by atoms with E-state index in [0.717, 1.165) is 35.9 Å². The van der Waals surface area contributed by atoms with E-state index in [1.807, 2.05) is 19.1 Å². The van der Waals surface area contributed by atoms with Gasteiger partial charge in [-0.25, -0.2) is 0 Å². The van der Waals surface area contributed by atoms with Gasteiger partial charge in [0.1, 0.15) is 5.75 Å². The van der Waals surface area contributed by atoms with Crippen molar-refractivity contribution < 1.29 is 4.74 Å². The van der Waals surface area contributed by atoms with Gasteiger partial charge >= 0.3 is 0 Å². The summed E-state index contributed by atoms with van der Waals surface area (Å²) in [7, 11) is 0. The van der Waals surface area contributed by atoms with Crippen LogP contribution >= 0.6 is 23.2 Å². The van der Waals surface area contributed by atoms with Crippen molar-refractivity contribution in [3.8, 4) is 5.75 Å². The maximum atomic E-state index is 6.48. The number of ether oxygens (including phenoxy) is 1. The molecule has 1 fully saturated rings. The molecule has 0 spiro atoms. The van der Waals surface area contributed by atoms with Gasteiger partial charge in [-0.2, -0.15) is 0 Å². The Morgan fingerprint density at radius 3 is 2.57 bits per heavy atom. The second-order valence-electron chi connectivity index (χ2n) is 5.78. The van der Waals surface area contributed by atoms with Crippen LogP contribution in [0.15, 0.2) is 12.1 Å². The van der Waals surface area contributed by atoms with Crippen LogP contribution in [0, 0.1) is 5.92 Å². The molecule has 0 aliphatic heterocycles. The Kier molecular flexibility index (Phi) is 6.66. The Balaban J connectivity index is 2.18. The van der Waals surface area contributed by atoms with Gasteiger partial charge in [0, 0.05) is 17.1 Å². The van der Waals surface area contributed by atoms with E-state index in [1.165, 1.54) is 19.3 Å². The van der Waals surface area contributed by atoms with Crippen LogP contribution in [-0.4, -0.2) is 13.2 Å². The lowest BCUT2D eigenvalue weighted by molar-refractivity contribution is 0.261. The summed E-state index contributed by atoms with van der Waals surface area (Å²) in [5.41, 5.74) is 1.10. The van der Waals surface area contributed by atoms with Crippen molar-refractivity contribution in [2.24, 2.45) is 5.92 Å². The summed E-state index contributed by atoms with van der Waals surface area (Å²) in [4.78, 5) is 0. The van der Waals surface area contributed by atoms with Crippen molar-refractivity contribution in [3.63, 3.8) is 0 Å². The summed E-state index contributed by atoms with van der Waals surface area (Å²) in [6, 6.07) is 4.11. The lowest BCUT2D eigenvalue weighted by Crippen LogP contribution is -2.27. The first-order valence-electron chi connectivity index (χ1n) is 8.00. The molecule has 4 heteroatoms. The van der Waals surface area contributed by atoms with Gasteiger partial charge in [-0.05, 0) is 43.9 Å². The summed E-state index contributed by atoms with van der Waals surface area (Å²) in [6.07, 6.45) is 6.30. The monoisotopic (exact) mass is 329 g/mol. The van der Waals surface area contributed by atoms with Crippen LogP contribution in [0.1, 0.15) is 57.6 Å². The van der Waals surface area contributed by atoms with E-state index < -0.39 is 0 Å². The largest absolute Gasteiger partial charge is 0.492 e. The van der Waals surface area contributed by atoms with Crippen molar-refractivity contribution in [2.75, 3.05) is 13.2 Å². The smallest absolute Gasteiger partial charge is 0.139 e. The summed E-state index contributed by atoms with van der Waals surface area (Å²) < 4.78 is 5.51. The molecular weight excluding hydrogens is 305 g/mol. The molecule has 1 unspecified atom stereocenters. The van der Waals surface area contributed by atoms with Crippen LogP contribution in [0.4, 0.5) is 0 Å². The molecule has 2 rings (SSSR count). The van der Waals surface area contributed by atoms with Gasteiger partial charge in [0.2, 0.25) is 0 Å². The van der Waals surface area contributed by atoms with Crippen molar-refractivity contribution in [1.82, 2.24) is 5.32 Å². The molecule has 21 heavy (non-hydrogen) atoms. The van der Waals surface area contributed by atoms with Gasteiger partial charge in [-0.3, -0.25) is 0 Å². The van der Waals surface area contributed by atoms with E-state index in [0.29, 0.717) is 17.4 Å². The standard InChI is InChI=1S/C17H25Cl2NO/c1-3-8-20-16(9-12-6-5-7-12)13-10-15(19)17(21-4-2)11-14(13)18/h10-12,16,20H,3-9H2,1-2H3. The molecule has 2 nitrogen and oxygen atoms in total. The Morgan fingerprint density at radius 2 is 2.00 bits per heavy atom. The summed E-state index contributed by atoms with van der Waals surface area (Å²) >= 11 is 12.8. The Labute approximate surface area is 138 Å². The summed E-state index contributed by atoms with van der Waals surface area (Å²) in [5, 5.41) is 5.01. The molecule has 0 heterocycles. The number of hydrogen-bond acceptors (Lipinski definition) is 2. The molecule has 0 aromatic heterocycles. The number of hydrogen-bond donors (Lipinski definition) is 1. The van der Waals surface area contributed by atoms with Gasteiger partial charge in [0.05, 0.1) is 11.6 Å². The quantitative estimate of drug-likeness (QED) is 0.667. The number of nitrogens with one attached hydrogen (secondary N) is 1. The predicted molar refractivity (Wildman–Crippen MR) is 90.6 cm³/mol. The minimum atomic E-state index is 0.288. The molecule has 0 radical (unpaired) electrons. The van der Waals surface area contributed by atoms with E-state index in [1.54, 1.807) is 0 Å². The zero-order valence-corrected chi connectivity index (χ0v) is 14.4. The average Bonchev–Trinajstić information content (AvgIpc) is 2.41. The zero-order chi connectivity index (χ0) is 15.2. The van der Waals surface area contributed by atoms with Gasteiger partial charge in [0.25, 0.3) is 0 Å². The first kappa shape index (κ1) is 16.9. The van der Waals surface area contributed by atoms with Crippen molar-refractivity contribution >= 4 is 23.2 Å². The Morgan fingerprint density at radius 1 is 1.24 bits per heavy atom. The molecule has 0 saturated heterocycles. The molecule has 1 aliphatic carbocycles. The van der Waals surface area contributed by atoms with E-state index in [2.05, 4.69) is 12.2 Å². The molecule has 0 amide bonds. The average molecular weight is 330 g/mol. The molecule has 1 aromatic carbocycles. The molecule has 0 bridgehead atoms. The fourth-order valence-electron chi connectivity index (χ4n) is 2.78. The third-order valence-electron chi connectivity index (χ3n) is 4.16. The molecule has 1 saturated carbocycles. The molecular formula is C17H25Cl2NO. The molecule has 1 N–H and O–H groups in total. The van der Waals surface area contributed by atoms with Crippen molar-refractivity contribution in [2.45, 2.75) is 52.0 Å². The maximum absolute atomic E-state index is 6.48. The number of benzene rings is 1. The SMILES string of the molecule is CCCNC(CC1CCC1)c1cc(Cl)c(OCC)cc1Cl. The lowest BCUT2D eigenvalue weighted by Gasteiger charge is -2.31. The maximum Gasteiger partial charge on any atom is 0.139 e. The van der Waals surface area contributed by atoms with Gasteiger partial charge < -0.3 is 10.1 Å². The van der Waals surface area contributed by atoms with Gasteiger partial charge in [-0.15, -0.1) is 0 Å². The molecule has 118 valence electrons. The predicted octanol–water partition coefficient (Wildman–Crippen LogP) is 5.62. The lowest BCUT2D eigenvalue weighted by atomic mass is 9.79. The summed E-state index contributed by atoms with van der Waals surface area (Å²) in [5.74, 6) is 1.49. The van der Waals surface area contributed by atoms with Crippen molar-refractivity contribution in [1.29, 1.82) is 0 Å². The fraction of sp³-hybridized carbons (Fsp3) is 0.647. The highest BCUT2D eigenvalue weighted by atomic mass is 35.5. The topological polar surface area (TPSA) is 21.3 Å². The van der Waals surface area contributed by atoms with Crippen LogP contribution in [0.3, 0.4) is 0 Å². The summed E-state index contributed by atoms with van der Waals surface area (Å²) in [6.45, 7) is 5.72. The highest BCUT2D eigenvalue weighted by Crippen LogP contribution is 2.39. The van der Waals surface area contributed by atoms with Crippen LogP contribution < -0.4 is 10.1 Å². The van der Waals surface area contributed by atoms with E-state index in [-0.39, 0.29) is 6.04 Å². The number of halogens is 2. The van der Waals surface area contributed by atoms with Crippen LogP contribution in [-0.2, 0) is 0 Å². The first-order valence-corrected chi connectivity index (χ1v) is 8.76. The van der Waals surface area contributed by atoms with Crippen LogP contribution in [0.25, 0.3) is 0 Å². The van der Waals surface area contributed by atoms with E-state index in [4.69, 9.17) is 27.9 Å². The minimum absolute atomic E-state index is 0.288. The Bertz CT molecular complexity index is 460. The normalized spacial score (nSPS) is 16.6. The highest BCUT2D eigenvalue weighted by Gasteiger charge is 2.24. The third kappa shape index (κ3) is 4.51. The highest BCUT2D eigenvalue weighted by molar-refractivity contribution is 6.34. The Hall–Kier alpha value is -0.440. The molecule has 1 aliphatic rings. The fourth-order valence-corrected chi connectivity index (χ4v) is 3.29. The molecule has 1 atom stereocenters. The second-order valence-corrected chi connectivity index (χ2v) is 6.59. The van der Waals surface area contributed by atoms with Crippen LogP contribution in [0.2, 0.25) is 10.0 Å². The third-order valence-corrected chi connectivity index (χ3v) is 4.78. The zero-order valence-electron chi connectivity index (χ0n) is 12.9. The van der Waals surface area contributed by atoms with Crippen molar-refractivity contribution in [3.05, 3.63) is 27.7 Å². The van der Waals surface area contributed by atoms with E-state index in [9.17, 15) is 0 Å². The second kappa shape index (κ2) is 8.26. The minimum Gasteiger partial charge on any atom is -0.492 e. The van der Waals surface area contributed by atoms with E-state index >= 15 is 0 Å². The van der Waals surface area contributed by atoms with Crippen LogP contribution in [0.5, 0.6) is 5.75 Å². The first-order chi connectivity index (χ1) is 10.2.